The molecule has 202 valence electrons. The largest absolute Gasteiger partial charge is 0.497 e. The smallest absolute Gasteiger partial charge is 0.264 e. The summed E-state index contributed by atoms with van der Waals surface area (Å²) in [6, 6.07) is 20.7. The lowest BCUT2D eigenvalue weighted by Gasteiger charge is -2.33. The molecule has 0 bridgehead atoms. The second kappa shape index (κ2) is 13.0. The third-order valence-corrected chi connectivity index (χ3v) is 7.90. The molecule has 0 fully saturated rings. The lowest BCUT2D eigenvalue weighted by Crippen LogP contribution is -2.51. The second-order valence-corrected chi connectivity index (χ2v) is 10.3. The Labute approximate surface area is 224 Å². The number of ether oxygens (including phenoxy) is 2. The zero-order chi connectivity index (χ0) is 27.7. The molecule has 1 atom stereocenters. The van der Waals surface area contributed by atoms with Crippen LogP contribution in [0.1, 0.15) is 18.9 Å². The first-order chi connectivity index (χ1) is 18.2. The minimum Gasteiger partial charge on any atom is -0.497 e. The van der Waals surface area contributed by atoms with E-state index in [1.807, 2.05) is 0 Å². The molecule has 0 saturated heterocycles. The number of nitrogens with one attached hydrogen (secondary N) is 1. The Morgan fingerprint density at radius 3 is 1.92 bits per heavy atom. The van der Waals surface area contributed by atoms with E-state index < -0.39 is 28.5 Å². The number of amides is 2. The number of rotatable bonds is 12. The molecule has 1 unspecified atom stereocenters. The molecule has 0 aliphatic carbocycles. The molecule has 0 saturated carbocycles. The second-order valence-electron chi connectivity index (χ2n) is 8.43. The van der Waals surface area contributed by atoms with Crippen molar-refractivity contribution in [1.29, 1.82) is 0 Å². The Morgan fingerprint density at radius 1 is 0.868 bits per heavy atom. The fourth-order valence-electron chi connectivity index (χ4n) is 4.01. The van der Waals surface area contributed by atoms with E-state index in [4.69, 9.17) is 9.47 Å². The quantitative estimate of drug-likeness (QED) is 0.378. The number of anilines is 1. The Morgan fingerprint density at radius 2 is 1.42 bits per heavy atom. The maximum absolute atomic E-state index is 13.8. The summed E-state index contributed by atoms with van der Waals surface area (Å²) in [7, 11) is 0.424. The number of sulfonamides is 1. The molecule has 0 aliphatic rings. The van der Waals surface area contributed by atoms with Crippen LogP contribution >= 0.6 is 0 Å². The molecule has 0 spiro atoms. The van der Waals surface area contributed by atoms with Crippen LogP contribution < -0.4 is 19.1 Å². The van der Waals surface area contributed by atoms with Crippen LogP contribution in [0.2, 0.25) is 0 Å². The average Bonchev–Trinajstić information content (AvgIpc) is 2.96. The summed E-state index contributed by atoms with van der Waals surface area (Å²) in [5, 5.41) is 2.61. The standard InChI is InChI=1S/C28H33N3O6S/c1-5-26(28(33)29-2)30(19-21-11-13-23(36-3)14-12-21)27(32)20-31(22-9-7-6-8-10-22)38(34,35)25-17-15-24(37-4)16-18-25/h6-18,26H,5,19-20H2,1-4H3,(H,29,33). The first-order valence-corrected chi connectivity index (χ1v) is 13.5. The van der Waals surface area contributed by atoms with Crippen molar-refractivity contribution in [3.05, 3.63) is 84.4 Å². The highest BCUT2D eigenvalue weighted by Crippen LogP contribution is 2.26. The van der Waals surface area contributed by atoms with Crippen molar-refractivity contribution < 1.29 is 27.5 Å². The fourth-order valence-corrected chi connectivity index (χ4v) is 5.43. The summed E-state index contributed by atoms with van der Waals surface area (Å²) in [4.78, 5) is 28.0. The van der Waals surface area contributed by atoms with Gasteiger partial charge in [0.1, 0.15) is 24.1 Å². The molecule has 0 aromatic heterocycles. The van der Waals surface area contributed by atoms with Crippen molar-refractivity contribution in [3.8, 4) is 11.5 Å². The molecule has 0 heterocycles. The minimum absolute atomic E-state index is 0.00926. The number of methoxy groups -OCH3 is 2. The van der Waals surface area contributed by atoms with E-state index >= 15 is 0 Å². The van der Waals surface area contributed by atoms with E-state index in [9.17, 15) is 18.0 Å². The van der Waals surface area contributed by atoms with Crippen molar-refractivity contribution in [1.82, 2.24) is 10.2 Å². The first kappa shape index (κ1) is 28.5. The number of benzene rings is 3. The molecule has 0 aliphatic heterocycles. The highest BCUT2D eigenvalue weighted by molar-refractivity contribution is 7.92. The molecular formula is C28H33N3O6S. The molecule has 38 heavy (non-hydrogen) atoms. The van der Waals surface area contributed by atoms with Gasteiger partial charge in [0.15, 0.2) is 0 Å². The van der Waals surface area contributed by atoms with E-state index in [0.717, 1.165) is 9.87 Å². The Hall–Kier alpha value is -4.05. The summed E-state index contributed by atoms with van der Waals surface area (Å²) in [6.07, 6.45) is 0.345. The number of carbonyl (C=O) groups excluding carboxylic acids is 2. The molecular weight excluding hydrogens is 506 g/mol. The van der Waals surface area contributed by atoms with Gasteiger partial charge in [-0.15, -0.1) is 0 Å². The van der Waals surface area contributed by atoms with Gasteiger partial charge in [0.2, 0.25) is 11.8 Å². The Kier molecular flexibility index (Phi) is 9.72. The fraction of sp³-hybridized carbons (Fsp3) is 0.286. The topological polar surface area (TPSA) is 105 Å². The zero-order valence-electron chi connectivity index (χ0n) is 22.0. The lowest BCUT2D eigenvalue weighted by atomic mass is 10.1. The van der Waals surface area contributed by atoms with Crippen LogP contribution in [0, 0.1) is 0 Å². The van der Waals surface area contributed by atoms with Gasteiger partial charge >= 0.3 is 0 Å². The van der Waals surface area contributed by atoms with Gasteiger partial charge in [-0.1, -0.05) is 37.3 Å². The normalized spacial score (nSPS) is 11.8. The molecule has 9 nitrogen and oxygen atoms in total. The number of likely N-dealkylation sites (N-methyl/N-ethyl adjacent to an activating group) is 1. The van der Waals surface area contributed by atoms with Gasteiger partial charge in [-0.3, -0.25) is 13.9 Å². The summed E-state index contributed by atoms with van der Waals surface area (Å²) in [5.74, 6) is 0.315. The van der Waals surface area contributed by atoms with Gasteiger partial charge in [-0.25, -0.2) is 8.42 Å². The Balaban J connectivity index is 2.01. The van der Waals surface area contributed by atoms with Gasteiger partial charge in [0.05, 0.1) is 24.8 Å². The maximum atomic E-state index is 13.8. The monoisotopic (exact) mass is 539 g/mol. The third kappa shape index (κ3) is 6.63. The van der Waals surface area contributed by atoms with Crippen molar-refractivity contribution in [2.45, 2.75) is 30.8 Å². The van der Waals surface area contributed by atoms with Crippen LogP contribution in [0.25, 0.3) is 0 Å². The van der Waals surface area contributed by atoms with Crippen molar-refractivity contribution in [2.24, 2.45) is 0 Å². The van der Waals surface area contributed by atoms with Crippen LogP contribution in [0.3, 0.4) is 0 Å². The van der Waals surface area contributed by atoms with Crippen LogP contribution in [-0.4, -0.2) is 59.0 Å². The SMILES string of the molecule is CCC(C(=O)NC)N(Cc1ccc(OC)cc1)C(=O)CN(c1ccccc1)S(=O)(=O)c1ccc(OC)cc1. The number of carbonyl (C=O) groups is 2. The third-order valence-electron chi connectivity index (χ3n) is 6.11. The molecule has 10 heteroatoms. The van der Waals surface area contributed by atoms with Gasteiger partial charge in [-0.2, -0.15) is 0 Å². The highest BCUT2D eigenvalue weighted by Gasteiger charge is 2.33. The lowest BCUT2D eigenvalue weighted by molar-refractivity contribution is -0.140. The van der Waals surface area contributed by atoms with E-state index in [2.05, 4.69) is 5.32 Å². The van der Waals surface area contributed by atoms with E-state index in [0.29, 0.717) is 23.6 Å². The van der Waals surface area contributed by atoms with Crippen LogP contribution in [0.4, 0.5) is 5.69 Å². The molecule has 3 aromatic carbocycles. The first-order valence-electron chi connectivity index (χ1n) is 12.1. The van der Waals surface area contributed by atoms with E-state index in [1.165, 1.54) is 31.2 Å². The van der Waals surface area contributed by atoms with Gasteiger partial charge in [0, 0.05) is 13.6 Å². The highest BCUT2D eigenvalue weighted by atomic mass is 32.2. The average molecular weight is 540 g/mol. The van der Waals surface area contributed by atoms with E-state index in [-0.39, 0.29) is 17.3 Å². The summed E-state index contributed by atoms with van der Waals surface area (Å²) in [6.45, 7) is 1.42. The zero-order valence-corrected chi connectivity index (χ0v) is 22.8. The predicted octanol–water partition coefficient (Wildman–Crippen LogP) is 3.45. The summed E-state index contributed by atoms with van der Waals surface area (Å²) < 4.78 is 39.0. The number of hydrogen-bond donors (Lipinski definition) is 1. The summed E-state index contributed by atoms with van der Waals surface area (Å²) >= 11 is 0. The van der Waals surface area contributed by atoms with Gasteiger partial charge in [-0.05, 0) is 60.5 Å². The summed E-state index contributed by atoms with van der Waals surface area (Å²) in [5.41, 5.74) is 1.10. The van der Waals surface area contributed by atoms with E-state index in [1.54, 1.807) is 80.8 Å². The van der Waals surface area contributed by atoms with Crippen molar-refractivity contribution >= 4 is 27.5 Å². The maximum Gasteiger partial charge on any atom is 0.264 e. The number of para-hydroxylation sites is 1. The van der Waals surface area contributed by atoms with Gasteiger partial charge in [0.25, 0.3) is 10.0 Å². The van der Waals surface area contributed by atoms with Crippen molar-refractivity contribution in [3.63, 3.8) is 0 Å². The molecule has 1 N–H and O–H groups in total. The van der Waals surface area contributed by atoms with Crippen molar-refractivity contribution in [2.75, 3.05) is 32.1 Å². The molecule has 0 radical (unpaired) electrons. The van der Waals surface area contributed by atoms with Crippen LogP contribution in [0.5, 0.6) is 11.5 Å². The predicted molar refractivity (Wildman–Crippen MR) is 146 cm³/mol. The molecule has 3 aromatic rings. The van der Waals surface area contributed by atoms with Gasteiger partial charge < -0.3 is 19.7 Å². The minimum atomic E-state index is -4.13. The molecule has 3 rings (SSSR count). The van der Waals surface area contributed by atoms with Crippen LogP contribution in [-0.2, 0) is 26.2 Å². The molecule has 2 amide bonds. The number of hydrogen-bond acceptors (Lipinski definition) is 6. The number of nitrogens with zero attached hydrogens (tertiary/aromatic N) is 2. The van der Waals surface area contributed by atoms with Crippen LogP contribution in [0.15, 0.2) is 83.8 Å². The Bertz CT molecular complexity index is 1310.